The lowest BCUT2D eigenvalue weighted by atomic mass is 10.3. The number of hydrogen-bond acceptors (Lipinski definition) is 4. The average molecular weight is 286 g/mol. The van der Waals surface area contributed by atoms with Crippen LogP contribution in [0.25, 0.3) is 0 Å². The normalized spacial score (nSPS) is 10.4. The second-order valence-electron chi connectivity index (χ2n) is 3.56. The number of halogens is 2. The van der Waals surface area contributed by atoms with Crippen molar-refractivity contribution in [3.05, 3.63) is 40.0 Å². The van der Waals surface area contributed by atoms with Gasteiger partial charge in [-0.3, -0.25) is 4.79 Å². The molecule has 1 aromatic heterocycles. The lowest BCUT2D eigenvalue weighted by Gasteiger charge is -2.07. The van der Waals surface area contributed by atoms with Crippen LogP contribution in [-0.2, 0) is 11.2 Å². The molecule has 0 aliphatic heterocycles. The summed E-state index contributed by atoms with van der Waals surface area (Å²) in [7, 11) is 0. The Morgan fingerprint density at radius 2 is 2.06 bits per heavy atom. The third kappa shape index (κ3) is 3.00. The molecule has 0 aliphatic rings. The van der Waals surface area contributed by atoms with Gasteiger partial charge in [-0.05, 0) is 19.1 Å². The Kier molecular flexibility index (Phi) is 3.84. The summed E-state index contributed by atoms with van der Waals surface area (Å²) in [4.78, 5) is 15.7. The number of para-hydroxylation sites is 1. The molecule has 0 fully saturated rings. The van der Waals surface area contributed by atoms with Gasteiger partial charge in [0, 0.05) is 0 Å². The van der Waals surface area contributed by atoms with Crippen molar-refractivity contribution in [1.29, 1.82) is 0 Å². The van der Waals surface area contributed by atoms with Gasteiger partial charge in [0.05, 0.1) is 15.7 Å². The van der Waals surface area contributed by atoms with Gasteiger partial charge in [-0.25, -0.2) is 0 Å². The van der Waals surface area contributed by atoms with Crippen molar-refractivity contribution < 1.29 is 9.32 Å². The molecule has 7 heteroatoms. The number of carbonyl (C=O) groups excluding carboxylic acids is 1. The molecule has 18 heavy (non-hydrogen) atoms. The van der Waals surface area contributed by atoms with E-state index in [1.54, 1.807) is 25.1 Å². The molecule has 1 amide bonds. The van der Waals surface area contributed by atoms with Gasteiger partial charge in [0.2, 0.25) is 11.8 Å². The molecule has 0 radical (unpaired) electrons. The molecule has 0 bridgehead atoms. The summed E-state index contributed by atoms with van der Waals surface area (Å²) in [6, 6.07) is 4.97. The zero-order valence-electron chi connectivity index (χ0n) is 9.41. The molecule has 1 N–H and O–H groups in total. The van der Waals surface area contributed by atoms with Crippen molar-refractivity contribution in [1.82, 2.24) is 10.1 Å². The molecule has 0 unspecified atom stereocenters. The Morgan fingerprint density at radius 1 is 1.39 bits per heavy atom. The number of aryl methyl sites for hydroxylation is 1. The summed E-state index contributed by atoms with van der Waals surface area (Å²) < 4.78 is 4.85. The first-order chi connectivity index (χ1) is 8.56. The molecule has 0 saturated carbocycles. The van der Waals surface area contributed by atoms with Crippen LogP contribution in [-0.4, -0.2) is 16.0 Å². The molecule has 1 aromatic carbocycles. The Hall–Kier alpha value is -1.59. The molecule has 0 spiro atoms. The van der Waals surface area contributed by atoms with E-state index in [9.17, 15) is 4.79 Å². The van der Waals surface area contributed by atoms with Crippen LogP contribution in [0.2, 0.25) is 10.0 Å². The summed E-state index contributed by atoms with van der Waals surface area (Å²) in [5.74, 6) is 0.399. The van der Waals surface area contributed by atoms with E-state index in [0.29, 0.717) is 21.6 Å². The number of anilines is 1. The third-order valence-electron chi connectivity index (χ3n) is 2.11. The number of nitrogens with one attached hydrogen (secondary N) is 1. The molecule has 0 saturated heterocycles. The Morgan fingerprint density at radius 3 is 2.61 bits per heavy atom. The molecular weight excluding hydrogens is 277 g/mol. The third-order valence-corrected chi connectivity index (χ3v) is 2.74. The smallest absolute Gasteiger partial charge is 0.236 e. The lowest BCUT2D eigenvalue weighted by Crippen LogP contribution is -2.15. The van der Waals surface area contributed by atoms with Gasteiger partial charge >= 0.3 is 0 Å². The topological polar surface area (TPSA) is 68.0 Å². The van der Waals surface area contributed by atoms with Crippen molar-refractivity contribution in [3.8, 4) is 0 Å². The van der Waals surface area contributed by atoms with Crippen molar-refractivity contribution in [2.75, 3.05) is 5.32 Å². The standard InChI is InChI=1S/C11H9Cl2N3O2/c1-6-14-10(18-16-6)5-9(17)15-11-7(12)3-2-4-8(11)13/h2-4H,5H2,1H3,(H,15,17). The molecule has 0 atom stereocenters. The van der Waals surface area contributed by atoms with E-state index >= 15 is 0 Å². The minimum Gasteiger partial charge on any atom is -0.339 e. The summed E-state index contributed by atoms with van der Waals surface area (Å²) in [5, 5.41) is 6.94. The fraction of sp³-hybridized carbons (Fsp3) is 0.182. The molecule has 2 rings (SSSR count). The second kappa shape index (κ2) is 5.37. The SMILES string of the molecule is Cc1noc(CC(=O)Nc2c(Cl)cccc2Cl)n1. The molecule has 0 aliphatic carbocycles. The molecule has 1 heterocycles. The van der Waals surface area contributed by atoms with Gasteiger partial charge in [-0.15, -0.1) is 0 Å². The number of benzene rings is 1. The zero-order chi connectivity index (χ0) is 13.1. The van der Waals surface area contributed by atoms with Crippen LogP contribution in [0, 0.1) is 6.92 Å². The predicted molar refractivity (Wildman–Crippen MR) is 67.8 cm³/mol. The quantitative estimate of drug-likeness (QED) is 0.942. The minimum absolute atomic E-state index is 0.0254. The monoisotopic (exact) mass is 285 g/mol. The number of carbonyl (C=O) groups is 1. The Labute approximate surface area is 113 Å². The van der Waals surface area contributed by atoms with Crippen LogP contribution in [0.1, 0.15) is 11.7 Å². The maximum atomic E-state index is 11.7. The van der Waals surface area contributed by atoms with E-state index in [1.165, 1.54) is 0 Å². The van der Waals surface area contributed by atoms with E-state index in [-0.39, 0.29) is 18.2 Å². The van der Waals surface area contributed by atoms with E-state index in [2.05, 4.69) is 15.5 Å². The fourth-order valence-electron chi connectivity index (χ4n) is 1.35. The first-order valence-electron chi connectivity index (χ1n) is 5.09. The molecule has 5 nitrogen and oxygen atoms in total. The summed E-state index contributed by atoms with van der Waals surface area (Å²) in [5.41, 5.74) is 0.377. The van der Waals surface area contributed by atoms with E-state index < -0.39 is 0 Å². The number of aromatic nitrogens is 2. The van der Waals surface area contributed by atoms with Gasteiger partial charge in [-0.1, -0.05) is 34.4 Å². The van der Waals surface area contributed by atoms with Crippen LogP contribution >= 0.6 is 23.2 Å². The molecular formula is C11H9Cl2N3O2. The second-order valence-corrected chi connectivity index (χ2v) is 4.37. The van der Waals surface area contributed by atoms with Crippen molar-refractivity contribution in [2.24, 2.45) is 0 Å². The Balaban J connectivity index is 2.08. The number of rotatable bonds is 3. The predicted octanol–water partition coefficient (Wildman–Crippen LogP) is 2.87. The number of hydrogen-bond donors (Lipinski definition) is 1. The van der Waals surface area contributed by atoms with Gasteiger partial charge < -0.3 is 9.84 Å². The highest BCUT2D eigenvalue weighted by atomic mass is 35.5. The maximum Gasteiger partial charge on any atom is 0.236 e. The molecule has 2 aromatic rings. The van der Waals surface area contributed by atoms with Crippen molar-refractivity contribution in [2.45, 2.75) is 13.3 Å². The largest absolute Gasteiger partial charge is 0.339 e. The maximum absolute atomic E-state index is 11.7. The van der Waals surface area contributed by atoms with Gasteiger partial charge in [0.25, 0.3) is 0 Å². The summed E-state index contributed by atoms with van der Waals surface area (Å²) >= 11 is 11.9. The zero-order valence-corrected chi connectivity index (χ0v) is 10.9. The first kappa shape index (κ1) is 12.9. The first-order valence-corrected chi connectivity index (χ1v) is 5.85. The summed E-state index contributed by atoms with van der Waals surface area (Å²) in [6.45, 7) is 1.68. The fourth-order valence-corrected chi connectivity index (χ4v) is 1.84. The van der Waals surface area contributed by atoms with Crippen LogP contribution < -0.4 is 5.32 Å². The van der Waals surface area contributed by atoms with E-state index in [4.69, 9.17) is 27.7 Å². The minimum atomic E-state index is -0.325. The van der Waals surface area contributed by atoms with Gasteiger partial charge in [0.1, 0.15) is 6.42 Å². The Bertz CT molecular complexity index is 563. The average Bonchev–Trinajstić information content (AvgIpc) is 2.69. The highest BCUT2D eigenvalue weighted by molar-refractivity contribution is 6.39. The highest BCUT2D eigenvalue weighted by Gasteiger charge is 2.13. The van der Waals surface area contributed by atoms with Gasteiger partial charge in [0.15, 0.2) is 5.82 Å². The highest BCUT2D eigenvalue weighted by Crippen LogP contribution is 2.29. The van der Waals surface area contributed by atoms with Crippen molar-refractivity contribution in [3.63, 3.8) is 0 Å². The lowest BCUT2D eigenvalue weighted by molar-refractivity contribution is -0.115. The van der Waals surface area contributed by atoms with Crippen LogP contribution in [0.3, 0.4) is 0 Å². The van der Waals surface area contributed by atoms with Gasteiger partial charge in [-0.2, -0.15) is 4.98 Å². The van der Waals surface area contributed by atoms with Crippen LogP contribution in [0.15, 0.2) is 22.7 Å². The van der Waals surface area contributed by atoms with Crippen LogP contribution in [0.5, 0.6) is 0 Å². The molecule has 94 valence electrons. The van der Waals surface area contributed by atoms with E-state index in [0.717, 1.165) is 0 Å². The number of nitrogens with zero attached hydrogens (tertiary/aromatic N) is 2. The van der Waals surface area contributed by atoms with Crippen molar-refractivity contribution >= 4 is 34.8 Å². The van der Waals surface area contributed by atoms with E-state index in [1.807, 2.05) is 0 Å². The number of amides is 1. The van der Waals surface area contributed by atoms with Crippen LogP contribution in [0.4, 0.5) is 5.69 Å². The summed E-state index contributed by atoms with van der Waals surface area (Å²) in [6.07, 6.45) is -0.0254.